The van der Waals surface area contributed by atoms with Gasteiger partial charge in [0, 0.05) is 32.7 Å². The normalized spacial score (nSPS) is 19.2. The van der Waals surface area contributed by atoms with Crippen molar-refractivity contribution in [3.05, 3.63) is 11.9 Å². The van der Waals surface area contributed by atoms with E-state index in [4.69, 9.17) is 0 Å². The van der Waals surface area contributed by atoms with Crippen LogP contribution in [0, 0.1) is 0 Å². The molecule has 7 nitrogen and oxygen atoms in total. The highest BCUT2D eigenvalue weighted by Crippen LogP contribution is 2.10. The van der Waals surface area contributed by atoms with Crippen LogP contribution in [-0.2, 0) is 23.5 Å². The van der Waals surface area contributed by atoms with Crippen LogP contribution in [0.15, 0.2) is 6.20 Å². The van der Waals surface area contributed by atoms with Gasteiger partial charge in [-0.15, -0.1) is 0 Å². The van der Waals surface area contributed by atoms with E-state index in [1.54, 1.807) is 11.0 Å². The van der Waals surface area contributed by atoms with Crippen LogP contribution in [0.2, 0.25) is 0 Å². The van der Waals surface area contributed by atoms with Crippen molar-refractivity contribution in [3.8, 4) is 0 Å². The van der Waals surface area contributed by atoms with Crippen molar-refractivity contribution in [2.75, 3.05) is 26.2 Å². The molecule has 102 valence electrons. The molecule has 1 aliphatic heterocycles. The molecule has 2 rings (SSSR count). The number of piperazine rings is 1. The quantitative estimate of drug-likeness (QED) is 0.702. The number of halogens is 1. The van der Waals surface area contributed by atoms with Gasteiger partial charge in [0.1, 0.15) is 0 Å². The molecule has 0 aromatic carbocycles. The second kappa shape index (κ2) is 5.29. The topological polar surface area (TPSA) is 71.3 Å². The maximum absolute atomic E-state index is 12.7. The maximum Gasteiger partial charge on any atom is 0.374 e. The predicted molar refractivity (Wildman–Crippen MR) is 62.6 cm³/mol. The van der Waals surface area contributed by atoms with E-state index in [0.717, 1.165) is 10.00 Å². The Hall–Kier alpha value is -1.06. The second-order valence-electron chi connectivity index (χ2n) is 4.14. The third-order valence-corrected chi connectivity index (χ3v) is 3.87. The lowest BCUT2D eigenvalue weighted by molar-refractivity contribution is 0.176. The molecular weight excluding hydrogens is 261 g/mol. The van der Waals surface area contributed by atoms with E-state index in [1.807, 2.05) is 11.8 Å². The molecule has 0 saturated carbocycles. The van der Waals surface area contributed by atoms with Gasteiger partial charge in [0.2, 0.25) is 0 Å². The molecule has 2 heterocycles. The predicted octanol–water partition coefficient (Wildman–Crippen LogP) is -0.370. The smallest absolute Gasteiger partial charge is 0.295 e. The van der Waals surface area contributed by atoms with Crippen molar-refractivity contribution >= 4 is 10.4 Å². The molecule has 1 aromatic rings. The summed E-state index contributed by atoms with van der Waals surface area (Å²) in [4.78, 5) is 3.63. The van der Waals surface area contributed by atoms with Crippen molar-refractivity contribution in [2.45, 2.75) is 20.0 Å². The number of aromatic nitrogens is 3. The Morgan fingerprint density at radius 3 is 2.50 bits per heavy atom. The fourth-order valence-electron chi connectivity index (χ4n) is 1.89. The minimum Gasteiger partial charge on any atom is -0.295 e. The molecule has 0 radical (unpaired) electrons. The van der Waals surface area contributed by atoms with Crippen molar-refractivity contribution in [3.63, 3.8) is 0 Å². The number of nitrogens with zero attached hydrogens (tertiary/aromatic N) is 5. The van der Waals surface area contributed by atoms with Crippen LogP contribution in [0.4, 0.5) is 3.89 Å². The van der Waals surface area contributed by atoms with Gasteiger partial charge in [0.15, 0.2) is 0 Å². The van der Waals surface area contributed by atoms with Crippen molar-refractivity contribution in [1.82, 2.24) is 24.2 Å². The third-order valence-electron chi connectivity index (χ3n) is 2.89. The van der Waals surface area contributed by atoms with Gasteiger partial charge < -0.3 is 0 Å². The molecule has 0 aliphatic carbocycles. The molecule has 0 amide bonds. The molecule has 1 aromatic heterocycles. The van der Waals surface area contributed by atoms with Crippen molar-refractivity contribution in [2.24, 2.45) is 0 Å². The van der Waals surface area contributed by atoms with Gasteiger partial charge in [-0.25, -0.2) is 0 Å². The third kappa shape index (κ3) is 3.24. The van der Waals surface area contributed by atoms with Gasteiger partial charge >= 0.3 is 10.4 Å². The molecule has 0 spiro atoms. The Bertz CT molecular complexity index is 495. The lowest BCUT2D eigenvalue weighted by Crippen LogP contribution is -2.47. The standard InChI is InChI=1S/C9H16FN5O2S/c1-2-15-11-7-9(12-15)8-13-3-5-14(6-4-13)18(10,16)17/h7H,2-6,8H2,1H3. The molecular formula is C9H16FN5O2S. The SMILES string of the molecule is CCn1ncc(CN2CCN(S(=O)(=O)F)CC2)n1. The van der Waals surface area contributed by atoms with E-state index in [-0.39, 0.29) is 13.1 Å². The van der Waals surface area contributed by atoms with Crippen LogP contribution in [-0.4, -0.2) is 58.8 Å². The highest BCUT2D eigenvalue weighted by atomic mass is 32.3. The fourth-order valence-corrected chi connectivity index (χ4v) is 2.49. The number of hydrogen-bond donors (Lipinski definition) is 0. The van der Waals surface area contributed by atoms with Gasteiger partial charge in [0.05, 0.1) is 18.4 Å². The summed E-state index contributed by atoms with van der Waals surface area (Å²) in [7, 11) is -4.55. The zero-order valence-corrected chi connectivity index (χ0v) is 11.0. The van der Waals surface area contributed by atoms with E-state index in [9.17, 15) is 12.3 Å². The lowest BCUT2D eigenvalue weighted by atomic mass is 10.3. The van der Waals surface area contributed by atoms with Crippen molar-refractivity contribution in [1.29, 1.82) is 0 Å². The molecule has 0 atom stereocenters. The van der Waals surface area contributed by atoms with Gasteiger partial charge in [-0.3, -0.25) is 4.90 Å². The zero-order valence-electron chi connectivity index (χ0n) is 10.2. The van der Waals surface area contributed by atoms with E-state index < -0.39 is 10.4 Å². The van der Waals surface area contributed by atoms with Crippen LogP contribution < -0.4 is 0 Å². The molecule has 0 N–H and O–H groups in total. The molecule has 18 heavy (non-hydrogen) atoms. The van der Waals surface area contributed by atoms with Gasteiger partial charge in [-0.1, -0.05) is 3.89 Å². The highest BCUT2D eigenvalue weighted by molar-refractivity contribution is 7.83. The van der Waals surface area contributed by atoms with Crippen LogP contribution in [0.3, 0.4) is 0 Å². The summed E-state index contributed by atoms with van der Waals surface area (Å²) in [6.07, 6.45) is 1.70. The Morgan fingerprint density at radius 1 is 1.33 bits per heavy atom. The van der Waals surface area contributed by atoms with Gasteiger partial charge in [-0.05, 0) is 6.92 Å². The lowest BCUT2D eigenvalue weighted by Gasteiger charge is -2.31. The van der Waals surface area contributed by atoms with Gasteiger partial charge in [-0.2, -0.15) is 27.7 Å². The molecule has 0 unspecified atom stereocenters. The summed E-state index contributed by atoms with van der Waals surface area (Å²) in [5, 5.41) is 8.32. The number of rotatable bonds is 4. The summed E-state index contributed by atoms with van der Waals surface area (Å²) in [6.45, 7) is 4.65. The largest absolute Gasteiger partial charge is 0.374 e. The maximum atomic E-state index is 12.7. The molecule has 1 aliphatic rings. The first-order valence-corrected chi connectivity index (χ1v) is 7.14. The molecule has 9 heteroatoms. The fraction of sp³-hybridized carbons (Fsp3) is 0.778. The second-order valence-corrected chi connectivity index (χ2v) is 5.48. The zero-order chi connectivity index (χ0) is 13.2. The van der Waals surface area contributed by atoms with E-state index >= 15 is 0 Å². The van der Waals surface area contributed by atoms with E-state index in [1.165, 1.54) is 0 Å². The average Bonchev–Trinajstić information content (AvgIpc) is 2.76. The average molecular weight is 277 g/mol. The number of aryl methyl sites for hydroxylation is 1. The Morgan fingerprint density at radius 2 is 2.00 bits per heavy atom. The summed E-state index contributed by atoms with van der Waals surface area (Å²) >= 11 is 0. The summed E-state index contributed by atoms with van der Waals surface area (Å²) < 4.78 is 35.0. The first kappa shape index (κ1) is 13.4. The Kier molecular flexibility index (Phi) is 3.93. The molecule has 1 saturated heterocycles. The van der Waals surface area contributed by atoms with Crippen molar-refractivity contribution < 1.29 is 12.3 Å². The van der Waals surface area contributed by atoms with Gasteiger partial charge in [0.25, 0.3) is 0 Å². The first-order valence-electron chi connectivity index (χ1n) is 5.80. The molecule has 1 fully saturated rings. The first-order chi connectivity index (χ1) is 8.49. The highest BCUT2D eigenvalue weighted by Gasteiger charge is 2.26. The Balaban J connectivity index is 1.87. The minimum absolute atomic E-state index is 0.181. The minimum atomic E-state index is -4.55. The number of hydrogen-bond acceptors (Lipinski definition) is 5. The van der Waals surface area contributed by atoms with E-state index in [2.05, 4.69) is 10.2 Å². The monoisotopic (exact) mass is 277 g/mol. The summed E-state index contributed by atoms with van der Waals surface area (Å²) in [6, 6.07) is 0. The Labute approximate surface area is 106 Å². The van der Waals surface area contributed by atoms with Crippen LogP contribution in [0.5, 0.6) is 0 Å². The van der Waals surface area contributed by atoms with Crippen LogP contribution >= 0.6 is 0 Å². The van der Waals surface area contributed by atoms with Crippen LogP contribution in [0.1, 0.15) is 12.6 Å². The summed E-state index contributed by atoms with van der Waals surface area (Å²) in [5.74, 6) is 0. The molecule has 0 bridgehead atoms. The van der Waals surface area contributed by atoms with Crippen LogP contribution in [0.25, 0.3) is 0 Å². The summed E-state index contributed by atoms with van der Waals surface area (Å²) in [5.41, 5.74) is 0.841. The van der Waals surface area contributed by atoms with E-state index in [0.29, 0.717) is 26.2 Å².